The Labute approximate surface area is 174 Å². The smallest absolute Gasteiger partial charge is 0.293 e. The minimum atomic E-state index is -0.305. The summed E-state index contributed by atoms with van der Waals surface area (Å²) < 4.78 is 0. The van der Waals surface area contributed by atoms with E-state index in [0.29, 0.717) is 6.54 Å². The van der Waals surface area contributed by atoms with Crippen LogP contribution >= 0.6 is 0 Å². The molecule has 30 heavy (non-hydrogen) atoms. The third kappa shape index (κ3) is 3.28. The Balaban J connectivity index is 0.000000130. The molecule has 0 spiro atoms. The van der Waals surface area contributed by atoms with E-state index in [1.165, 1.54) is 23.2 Å². The standard InChI is InChI=1S/C11H11N3O2.C11H13N3/c15-14(16)11-5-9-7-12-6-8(9)4-10(11)13-2-1-3-13;12-10-4-8-6-13-7-9(8)5-11(10)14-2-1-3-14/h4-5,7H,1-3,6H2;4-6H,1-3,7,12H2. The summed E-state index contributed by atoms with van der Waals surface area (Å²) in [4.78, 5) is 23.4. The molecule has 0 amide bonds. The van der Waals surface area contributed by atoms with Crippen LogP contribution in [0, 0.1) is 10.1 Å². The molecule has 0 atom stereocenters. The number of hydrogen-bond donors (Lipinski definition) is 1. The highest BCUT2D eigenvalue weighted by Crippen LogP contribution is 2.35. The summed E-state index contributed by atoms with van der Waals surface area (Å²) in [6.07, 6.45) is 6.02. The van der Waals surface area contributed by atoms with Crippen molar-refractivity contribution in [3.05, 3.63) is 56.6 Å². The number of benzene rings is 2. The summed E-state index contributed by atoms with van der Waals surface area (Å²) in [5.74, 6) is 0. The summed E-state index contributed by atoms with van der Waals surface area (Å²) in [5.41, 5.74) is 13.5. The summed E-state index contributed by atoms with van der Waals surface area (Å²) >= 11 is 0. The third-order valence-corrected chi connectivity index (χ3v) is 6.10. The van der Waals surface area contributed by atoms with E-state index in [-0.39, 0.29) is 10.6 Å². The topological polar surface area (TPSA) is 100 Å². The number of aliphatic imine (C=N–C) groups is 2. The molecule has 4 aliphatic heterocycles. The molecule has 8 heteroatoms. The van der Waals surface area contributed by atoms with Crippen molar-refractivity contribution in [2.75, 3.05) is 41.7 Å². The molecule has 8 nitrogen and oxygen atoms in total. The molecule has 0 aliphatic carbocycles. The molecule has 0 saturated carbocycles. The van der Waals surface area contributed by atoms with E-state index in [0.717, 1.165) is 61.6 Å². The largest absolute Gasteiger partial charge is 0.397 e. The van der Waals surface area contributed by atoms with Crippen molar-refractivity contribution in [1.29, 1.82) is 0 Å². The normalized spacial score (nSPS) is 17.6. The van der Waals surface area contributed by atoms with Gasteiger partial charge in [0.1, 0.15) is 5.69 Å². The highest BCUT2D eigenvalue weighted by atomic mass is 16.6. The molecule has 2 aromatic rings. The first-order valence-electron chi connectivity index (χ1n) is 10.3. The SMILES string of the molecule is Nc1cc2c(cc1N1CCC1)CN=C2.O=[N+]([O-])c1cc2c(cc1N1CCC1)CN=C2. The van der Waals surface area contributed by atoms with Gasteiger partial charge >= 0.3 is 0 Å². The van der Waals surface area contributed by atoms with E-state index in [9.17, 15) is 10.1 Å². The van der Waals surface area contributed by atoms with E-state index in [1.807, 2.05) is 18.3 Å². The molecule has 2 N–H and O–H groups in total. The first-order valence-corrected chi connectivity index (χ1v) is 10.3. The molecule has 0 radical (unpaired) electrons. The van der Waals surface area contributed by atoms with Gasteiger partial charge in [-0.3, -0.25) is 20.1 Å². The Morgan fingerprint density at radius 1 is 0.833 bits per heavy atom. The Hall–Kier alpha value is -3.42. The van der Waals surface area contributed by atoms with E-state index in [1.54, 1.807) is 12.3 Å². The molecule has 0 bridgehead atoms. The van der Waals surface area contributed by atoms with Gasteiger partial charge in [-0.1, -0.05) is 0 Å². The van der Waals surface area contributed by atoms with Crippen molar-refractivity contribution < 1.29 is 4.92 Å². The van der Waals surface area contributed by atoms with Crippen molar-refractivity contribution in [3.63, 3.8) is 0 Å². The Kier molecular flexibility index (Phi) is 4.61. The van der Waals surface area contributed by atoms with E-state index >= 15 is 0 Å². The lowest BCUT2D eigenvalue weighted by molar-refractivity contribution is -0.384. The van der Waals surface area contributed by atoms with Gasteiger partial charge in [0, 0.05) is 50.2 Å². The molecular weight excluding hydrogens is 380 g/mol. The lowest BCUT2D eigenvalue weighted by Gasteiger charge is -2.34. The van der Waals surface area contributed by atoms with Crippen LogP contribution < -0.4 is 15.5 Å². The molecule has 2 fully saturated rings. The van der Waals surface area contributed by atoms with Crippen LogP contribution in [0.25, 0.3) is 0 Å². The van der Waals surface area contributed by atoms with Crippen LogP contribution in [0.3, 0.4) is 0 Å². The molecule has 154 valence electrons. The van der Waals surface area contributed by atoms with Crippen LogP contribution in [0.4, 0.5) is 22.7 Å². The molecule has 0 unspecified atom stereocenters. The molecule has 6 rings (SSSR count). The van der Waals surface area contributed by atoms with Gasteiger partial charge < -0.3 is 15.5 Å². The van der Waals surface area contributed by atoms with Crippen molar-refractivity contribution in [2.24, 2.45) is 9.98 Å². The Bertz CT molecular complexity index is 1070. The van der Waals surface area contributed by atoms with E-state index < -0.39 is 0 Å². The Morgan fingerprint density at radius 3 is 1.90 bits per heavy atom. The predicted octanol–water partition coefficient (Wildman–Crippen LogP) is 3.15. The molecule has 4 heterocycles. The number of anilines is 3. The molecule has 2 saturated heterocycles. The number of nitro benzene ring substituents is 1. The second-order valence-electron chi connectivity index (χ2n) is 8.03. The fraction of sp³-hybridized carbons (Fsp3) is 0.364. The fourth-order valence-electron chi connectivity index (χ4n) is 4.09. The third-order valence-electron chi connectivity index (χ3n) is 6.10. The first kappa shape index (κ1) is 18.6. The van der Waals surface area contributed by atoms with E-state index in [4.69, 9.17) is 5.73 Å². The first-order chi connectivity index (χ1) is 14.6. The second kappa shape index (κ2) is 7.44. The lowest BCUT2D eigenvalue weighted by atomic mass is 10.0. The van der Waals surface area contributed by atoms with Crippen LogP contribution in [0.5, 0.6) is 0 Å². The summed E-state index contributed by atoms with van der Waals surface area (Å²) in [5, 5.41) is 11.0. The minimum Gasteiger partial charge on any atom is -0.397 e. The van der Waals surface area contributed by atoms with Crippen LogP contribution in [-0.2, 0) is 13.1 Å². The number of fused-ring (bicyclic) bond motifs is 2. The zero-order chi connectivity index (χ0) is 20.7. The second-order valence-corrected chi connectivity index (χ2v) is 8.03. The monoisotopic (exact) mass is 404 g/mol. The average molecular weight is 404 g/mol. The van der Waals surface area contributed by atoms with Crippen molar-refractivity contribution >= 4 is 35.2 Å². The predicted molar refractivity (Wildman–Crippen MR) is 120 cm³/mol. The van der Waals surface area contributed by atoms with Gasteiger partial charge in [-0.15, -0.1) is 0 Å². The van der Waals surface area contributed by atoms with Gasteiger partial charge in [0.05, 0.1) is 29.4 Å². The van der Waals surface area contributed by atoms with E-state index in [2.05, 4.69) is 25.9 Å². The molecular formula is C22H24N6O2. The maximum Gasteiger partial charge on any atom is 0.293 e. The van der Waals surface area contributed by atoms with Crippen molar-refractivity contribution in [1.82, 2.24) is 0 Å². The zero-order valence-corrected chi connectivity index (χ0v) is 16.8. The number of hydrogen-bond acceptors (Lipinski definition) is 7. The molecule has 4 aliphatic rings. The fourth-order valence-corrected chi connectivity index (χ4v) is 4.09. The number of rotatable bonds is 3. The van der Waals surface area contributed by atoms with Crippen LogP contribution in [-0.4, -0.2) is 43.5 Å². The van der Waals surface area contributed by atoms with Gasteiger partial charge in [-0.25, -0.2) is 0 Å². The lowest BCUT2D eigenvalue weighted by Crippen LogP contribution is -2.37. The number of nitrogens with zero attached hydrogens (tertiary/aromatic N) is 5. The van der Waals surface area contributed by atoms with Gasteiger partial charge in [0.25, 0.3) is 5.69 Å². The van der Waals surface area contributed by atoms with Crippen molar-refractivity contribution in [2.45, 2.75) is 25.9 Å². The summed E-state index contributed by atoms with van der Waals surface area (Å²) in [7, 11) is 0. The van der Waals surface area contributed by atoms with Crippen LogP contribution in [0.15, 0.2) is 34.3 Å². The van der Waals surface area contributed by atoms with Gasteiger partial charge in [0.2, 0.25) is 0 Å². The number of nitrogen functional groups attached to an aromatic ring is 1. The van der Waals surface area contributed by atoms with Gasteiger partial charge in [0.15, 0.2) is 0 Å². The van der Waals surface area contributed by atoms with Gasteiger partial charge in [-0.05, 0) is 47.7 Å². The van der Waals surface area contributed by atoms with Crippen molar-refractivity contribution in [3.8, 4) is 0 Å². The highest BCUT2D eigenvalue weighted by Gasteiger charge is 2.26. The van der Waals surface area contributed by atoms with Crippen LogP contribution in [0.1, 0.15) is 35.1 Å². The zero-order valence-electron chi connectivity index (χ0n) is 16.8. The minimum absolute atomic E-state index is 0.201. The summed E-state index contributed by atoms with van der Waals surface area (Å²) in [6.45, 7) is 5.58. The molecule has 2 aromatic carbocycles. The average Bonchev–Trinajstić information content (AvgIpc) is 3.27. The summed E-state index contributed by atoms with van der Waals surface area (Å²) in [6, 6.07) is 7.79. The van der Waals surface area contributed by atoms with Crippen LogP contribution in [0.2, 0.25) is 0 Å². The maximum atomic E-state index is 11.0. The number of nitro groups is 1. The number of nitrogens with two attached hydrogens (primary N) is 1. The highest BCUT2D eigenvalue weighted by molar-refractivity contribution is 5.89. The maximum absolute atomic E-state index is 11.0. The quantitative estimate of drug-likeness (QED) is 0.481. The van der Waals surface area contributed by atoms with Gasteiger partial charge in [-0.2, -0.15) is 0 Å². The Morgan fingerprint density at radius 2 is 1.37 bits per heavy atom. The molecule has 0 aromatic heterocycles.